The molecule has 0 aliphatic rings. The van der Waals surface area contributed by atoms with Gasteiger partial charge in [0.25, 0.3) is 0 Å². The number of para-hydroxylation sites is 1. The molecule has 3 nitrogen and oxygen atoms in total. The largest absolute Gasteiger partial charge is 0.497 e. The number of hydrogen-bond acceptors (Lipinski definition) is 3. The van der Waals surface area contributed by atoms with Gasteiger partial charge in [-0.1, -0.05) is 30.3 Å². The van der Waals surface area contributed by atoms with E-state index in [1.165, 1.54) is 5.56 Å². The van der Waals surface area contributed by atoms with Crippen molar-refractivity contribution in [2.24, 2.45) is 5.73 Å². The van der Waals surface area contributed by atoms with Crippen molar-refractivity contribution in [1.29, 1.82) is 0 Å². The average Bonchev–Trinajstić information content (AvgIpc) is 2.53. The fraction of sp³-hybridized carbons (Fsp3) is 0.294. The topological polar surface area (TPSA) is 44.5 Å². The van der Waals surface area contributed by atoms with Crippen LogP contribution < -0.4 is 15.2 Å². The second-order valence-electron chi connectivity index (χ2n) is 4.74. The Bertz CT molecular complexity index is 537. The van der Waals surface area contributed by atoms with Gasteiger partial charge in [0.1, 0.15) is 11.5 Å². The molecule has 1 unspecified atom stereocenters. The zero-order valence-electron chi connectivity index (χ0n) is 12.0. The molecule has 0 heterocycles. The van der Waals surface area contributed by atoms with E-state index in [0.717, 1.165) is 29.9 Å². The average molecular weight is 271 g/mol. The number of benzene rings is 2. The van der Waals surface area contributed by atoms with Gasteiger partial charge in [-0.3, -0.25) is 0 Å². The van der Waals surface area contributed by atoms with Gasteiger partial charge in [-0.25, -0.2) is 0 Å². The summed E-state index contributed by atoms with van der Waals surface area (Å²) in [6.07, 6.45) is 1.82. The second kappa shape index (κ2) is 6.96. The molecular weight excluding hydrogens is 250 g/mol. The first-order valence-corrected chi connectivity index (χ1v) is 6.76. The molecule has 0 bridgehead atoms. The first-order chi connectivity index (χ1) is 9.74. The second-order valence-corrected chi connectivity index (χ2v) is 4.74. The van der Waals surface area contributed by atoms with Crippen molar-refractivity contribution in [2.75, 3.05) is 14.2 Å². The Balaban J connectivity index is 1.98. The highest BCUT2D eigenvalue weighted by molar-refractivity contribution is 5.36. The minimum atomic E-state index is -0.0201. The van der Waals surface area contributed by atoms with Gasteiger partial charge in [-0.15, -0.1) is 0 Å². The van der Waals surface area contributed by atoms with E-state index in [0.29, 0.717) is 0 Å². The SMILES string of the molecule is COc1ccc(CCC(N)c2ccccc2OC)cc1. The third kappa shape index (κ3) is 3.52. The first-order valence-electron chi connectivity index (χ1n) is 6.76. The lowest BCUT2D eigenvalue weighted by Crippen LogP contribution is -2.12. The van der Waals surface area contributed by atoms with Crippen molar-refractivity contribution in [3.05, 3.63) is 59.7 Å². The standard InChI is InChI=1S/C17H21NO2/c1-19-14-10-7-13(8-11-14)9-12-16(18)15-5-3-4-6-17(15)20-2/h3-8,10-11,16H,9,12,18H2,1-2H3. The van der Waals surface area contributed by atoms with Gasteiger partial charge in [0.15, 0.2) is 0 Å². The van der Waals surface area contributed by atoms with E-state index in [-0.39, 0.29) is 6.04 Å². The van der Waals surface area contributed by atoms with Gasteiger partial charge in [0.05, 0.1) is 14.2 Å². The number of hydrogen-bond donors (Lipinski definition) is 1. The molecule has 106 valence electrons. The smallest absolute Gasteiger partial charge is 0.123 e. The summed E-state index contributed by atoms with van der Waals surface area (Å²) in [6.45, 7) is 0. The van der Waals surface area contributed by atoms with Gasteiger partial charge in [-0.2, -0.15) is 0 Å². The molecular formula is C17H21NO2. The van der Waals surface area contributed by atoms with Crippen LogP contribution in [0.25, 0.3) is 0 Å². The Hall–Kier alpha value is -2.00. The van der Waals surface area contributed by atoms with Crippen LogP contribution in [0.4, 0.5) is 0 Å². The van der Waals surface area contributed by atoms with E-state index in [9.17, 15) is 0 Å². The number of methoxy groups -OCH3 is 2. The van der Waals surface area contributed by atoms with E-state index in [1.54, 1.807) is 14.2 Å². The summed E-state index contributed by atoms with van der Waals surface area (Å²) in [5.41, 5.74) is 8.59. The van der Waals surface area contributed by atoms with Crippen molar-refractivity contribution in [1.82, 2.24) is 0 Å². The van der Waals surface area contributed by atoms with Crippen molar-refractivity contribution in [2.45, 2.75) is 18.9 Å². The van der Waals surface area contributed by atoms with Gasteiger partial charge < -0.3 is 15.2 Å². The Labute approximate surface area is 120 Å². The van der Waals surface area contributed by atoms with E-state index < -0.39 is 0 Å². The van der Waals surface area contributed by atoms with Crippen molar-refractivity contribution in [3.8, 4) is 11.5 Å². The molecule has 3 heteroatoms. The molecule has 0 aromatic heterocycles. The molecule has 2 rings (SSSR count). The van der Waals surface area contributed by atoms with Crippen LogP contribution in [0.5, 0.6) is 11.5 Å². The fourth-order valence-corrected chi connectivity index (χ4v) is 2.24. The number of nitrogens with two attached hydrogens (primary N) is 1. The van der Waals surface area contributed by atoms with Crippen LogP contribution in [0.1, 0.15) is 23.6 Å². The first kappa shape index (κ1) is 14.4. The lowest BCUT2D eigenvalue weighted by molar-refractivity contribution is 0.404. The van der Waals surface area contributed by atoms with E-state index >= 15 is 0 Å². The summed E-state index contributed by atoms with van der Waals surface area (Å²) in [7, 11) is 3.35. The molecule has 2 N–H and O–H groups in total. The number of ether oxygens (including phenoxy) is 2. The van der Waals surface area contributed by atoms with Crippen molar-refractivity contribution >= 4 is 0 Å². The summed E-state index contributed by atoms with van der Waals surface area (Å²) < 4.78 is 10.5. The molecule has 0 radical (unpaired) electrons. The zero-order chi connectivity index (χ0) is 14.4. The summed E-state index contributed by atoms with van der Waals surface area (Å²) in [5, 5.41) is 0. The summed E-state index contributed by atoms with van der Waals surface area (Å²) in [4.78, 5) is 0. The van der Waals surface area contributed by atoms with E-state index in [4.69, 9.17) is 15.2 Å². The minimum absolute atomic E-state index is 0.0201. The lowest BCUT2D eigenvalue weighted by Gasteiger charge is -2.15. The molecule has 0 aliphatic heterocycles. The van der Waals surface area contributed by atoms with Crippen molar-refractivity contribution in [3.63, 3.8) is 0 Å². The zero-order valence-corrected chi connectivity index (χ0v) is 12.0. The lowest BCUT2D eigenvalue weighted by atomic mass is 9.99. The molecule has 0 fully saturated rings. The van der Waals surface area contributed by atoms with Crippen LogP contribution in [0.3, 0.4) is 0 Å². The quantitative estimate of drug-likeness (QED) is 0.876. The number of rotatable bonds is 6. The normalized spacial score (nSPS) is 11.9. The van der Waals surface area contributed by atoms with Crippen LogP contribution in [-0.4, -0.2) is 14.2 Å². The van der Waals surface area contributed by atoms with Gasteiger partial charge in [0, 0.05) is 11.6 Å². The monoisotopic (exact) mass is 271 g/mol. The summed E-state index contributed by atoms with van der Waals surface area (Å²) in [6, 6.07) is 16.0. The predicted molar refractivity (Wildman–Crippen MR) is 81.2 cm³/mol. The molecule has 0 spiro atoms. The Morgan fingerprint density at radius 2 is 1.65 bits per heavy atom. The van der Waals surface area contributed by atoms with Crippen LogP contribution in [-0.2, 0) is 6.42 Å². The molecule has 0 amide bonds. The third-order valence-electron chi connectivity index (χ3n) is 3.44. The van der Waals surface area contributed by atoms with Crippen LogP contribution in [0.2, 0.25) is 0 Å². The van der Waals surface area contributed by atoms with Crippen LogP contribution in [0, 0.1) is 0 Å². The van der Waals surface area contributed by atoms with Crippen LogP contribution in [0.15, 0.2) is 48.5 Å². The fourth-order valence-electron chi connectivity index (χ4n) is 2.24. The molecule has 0 saturated heterocycles. The molecule has 0 aliphatic carbocycles. The van der Waals surface area contributed by atoms with Crippen molar-refractivity contribution < 1.29 is 9.47 Å². The highest BCUT2D eigenvalue weighted by Crippen LogP contribution is 2.26. The highest BCUT2D eigenvalue weighted by Gasteiger charge is 2.11. The summed E-state index contributed by atoms with van der Waals surface area (Å²) >= 11 is 0. The number of aryl methyl sites for hydroxylation is 1. The van der Waals surface area contributed by atoms with Crippen LogP contribution >= 0.6 is 0 Å². The van der Waals surface area contributed by atoms with E-state index in [2.05, 4.69) is 12.1 Å². The molecule has 2 aromatic rings. The predicted octanol–water partition coefficient (Wildman–Crippen LogP) is 3.34. The Morgan fingerprint density at radius 3 is 2.30 bits per heavy atom. The molecule has 2 aromatic carbocycles. The maximum atomic E-state index is 6.27. The Morgan fingerprint density at radius 1 is 0.950 bits per heavy atom. The van der Waals surface area contributed by atoms with E-state index in [1.807, 2.05) is 36.4 Å². The maximum Gasteiger partial charge on any atom is 0.123 e. The molecule has 20 heavy (non-hydrogen) atoms. The summed E-state index contributed by atoms with van der Waals surface area (Å²) in [5.74, 6) is 1.73. The minimum Gasteiger partial charge on any atom is -0.497 e. The van der Waals surface area contributed by atoms with Gasteiger partial charge in [-0.05, 0) is 36.6 Å². The maximum absolute atomic E-state index is 6.27. The highest BCUT2D eigenvalue weighted by atomic mass is 16.5. The van der Waals surface area contributed by atoms with Gasteiger partial charge >= 0.3 is 0 Å². The Kier molecular flexibility index (Phi) is 5.02. The molecule has 1 atom stereocenters. The molecule has 0 saturated carbocycles. The third-order valence-corrected chi connectivity index (χ3v) is 3.44. The van der Waals surface area contributed by atoms with Gasteiger partial charge in [0.2, 0.25) is 0 Å².